The fourth-order valence-corrected chi connectivity index (χ4v) is 3.17. The van der Waals surface area contributed by atoms with Gasteiger partial charge in [-0.15, -0.1) is 0 Å². The number of hydrogen-bond donors (Lipinski definition) is 1. The smallest absolute Gasteiger partial charge is 0.331 e. The van der Waals surface area contributed by atoms with E-state index in [4.69, 9.17) is 4.74 Å². The number of esters is 1. The van der Waals surface area contributed by atoms with Crippen LogP contribution in [0, 0.1) is 5.41 Å². The normalized spacial score (nSPS) is 20.2. The van der Waals surface area contributed by atoms with Crippen LogP contribution >= 0.6 is 15.9 Å². The highest BCUT2D eigenvalue weighted by atomic mass is 79.9. The van der Waals surface area contributed by atoms with Crippen LogP contribution < -0.4 is 5.32 Å². The molecule has 0 atom stereocenters. The molecule has 2 rings (SSSR count). The number of methoxy groups -OCH3 is 1. The van der Waals surface area contributed by atoms with Crippen molar-refractivity contribution in [3.63, 3.8) is 0 Å². The number of anilines is 1. The standard InChI is InChI=1S/C16H22BrNO2/c1-15(2)7-9-16(10-8-15,14(19)20-3)18-13-6-4-5-12(17)11-13/h4-6,11,18H,7-10H2,1-3H3. The number of halogens is 1. The number of nitrogens with one attached hydrogen (secondary N) is 1. The van der Waals surface area contributed by atoms with E-state index in [9.17, 15) is 4.79 Å². The van der Waals surface area contributed by atoms with E-state index in [2.05, 4.69) is 35.1 Å². The lowest BCUT2D eigenvalue weighted by molar-refractivity contribution is -0.148. The molecular formula is C16H22BrNO2. The van der Waals surface area contributed by atoms with Crippen LogP contribution in [0.2, 0.25) is 0 Å². The Morgan fingerprint density at radius 2 is 1.90 bits per heavy atom. The first-order valence-electron chi connectivity index (χ1n) is 6.99. The van der Waals surface area contributed by atoms with Crippen molar-refractivity contribution >= 4 is 27.6 Å². The molecule has 0 radical (unpaired) electrons. The van der Waals surface area contributed by atoms with Crippen molar-refractivity contribution in [3.8, 4) is 0 Å². The molecule has 1 aromatic carbocycles. The van der Waals surface area contributed by atoms with Crippen molar-refractivity contribution in [2.24, 2.45) is 5.41 Å². The molecular weight excluding hydrogens is 318 g/mol. The number of hydrogen-bond acceptors (Lipinski definition) is 3. The number of carbonyl (C=O) groups excluding carboxylic acids is 1. The van der Waals surface area contributed by atoms with Gasteiger partial charge in [-0.2, -0.15) is 0 Å². The number of carbonyl (C=O) groups is 1. The van der Waals surface area contributed by atoms with Crippen molar-refractivity contribution in [3.05, 3.63) is 28.7 Å². The summed E-state index contributed by atoms with van der Waals surface area (Å²) in [5.41, 5.74) is 0.658. The van der Waals surface area contributed by atoms with Crippen molar-refractivity contribution in [1.82, 2.24) is 0 Å². The number of ether oxygens (including phenoxy) is 1. The summed E-state index contributed by atoms with van der Waals surface area (Å²) in [6, 6.07) is 7.91. The molecule has 1 fully saturated rings. The van der Waals surface area contributed by atoms with Gasteiger partial charge in [0, 0.05) is 10.2 Å². The van der Waals surface area contributed by atoms with Crippen LogP contribution in [0.4, 0.5) is 5.69 Å². The highest BCUT2D eigenvalue weighted by molar-refractivity contribution is 9.10. The third-order valence-corrected chi connectivity index (χ3v) is 4.73. The van der Waals surface area contributed by atoms with Gasteiger partial charge in [0.1, 0.15) is 5.54 Å². The maximum atomic E-state index is 12.3. The molecule has 0 aliphatic heterocycles. The molecule has 4 heteroatoms. The first-order chi connectivity index (χ1) is 9.37. The summed E-state index contributed by atoms with van der Waals surface area (Å²) in [6.07, 6.45) is 3.64. The molecule has 0 bridgehead atoms. The fraction of sp³-hybridized carbons (Fsp3) is 0.562. The Kier molecular flexibility index (Phi) is 4.43. The predicted molar refractivity (Wildman–Crippen MR) is 84.8 cm³/mol. The van der Waals surface area contributed by atoms with Crippen molar-refractivity contribution < 1.29 is 9.53 Å². The monoisotopic (exact) mass is 339 g/mol. The van der Waals surface area contributed by atoms with Gasteiger partial charge >= 0.3 is 5.97 Å². The second-order valence-corrected chi connectivity index (χ2v) is 7.29. The largest absolute Gasteiger partial charge is 0.467 e. The van der Waals surface area contributed by atoms with Crippen molar-refractivity contribution in [1.29, 1.82) is 0 Å². The molecule has 1 aromatic rings. The summed E-state index contributed by atoms with van der Waals surface area (Å²) in [7, 11) is 1.46. The third-order valence-electron chi connectivity index (χ3n) is 4.24. The van der Waals surface area contributed by atoms with E-state index in [1.165, 1.54) is 7.11 Å². The third kappa shape index (κ3) is 3.35. The Hall–Kier alpha value is -1.03. The van der Waals surface area contributed by atoms with Crippen LogP contribution in [0.1, 0.15) is 39.5 Å². The summed E-state index contributed by atoms with van der Waals surface area (Å²) < 4.78 is 6.05. The van der Waals surface area contributed by atoms with Gasteiger partial charge in [-0.1, -0.05) is 35.8 Å². The molecule has 110 valence electrons. The molecule has 1 N–H and O–H groups in total. The summed E-state index contributed by atoms with van der Waals surface area (Å²) in [5.74, 6) is -0.159. The summed E-state index contributed by atoms with van der Waals surface area (Å²) >= 11 is 3.46. The van der Waals surface area contributed by atoms with Crippen molar-refractivity contribution in [2.75, 3.05) is 12.4 Å². The molecule has 1 aliphatic rings. The minimum absolute atomic E-state index is 0.159. The van der Waals surface area contributed by atoms with Crippen LogP contribution in [-0.4, -0.2) is 18.6 Å². The Morgan fingerprint density at radius 1 is 1.25 bits per heavy atom. The summed E-state index contributed by atoms with van der Waals surface area (Å²) in [5, 5.41) is 3.42. The molecule has 0 unspecified atom stereocenters. The average molecular weight is 340 g/mol. The van der Waals surface area contributed by atoms with Gasteiger partial charge < -0.3 is 10.1 Å². The Labute approximate surface area is 129 Å². The van der Waals surface area contributed by atoms with E-state index in [0.29, 0.717) is 5.41 Å². The minimum Gasteiger partial charge on any atom is -0.467 e. The van der Waals surface area contributed by atoms with Gasteiger partial charge in [-0.3, -0.25) is 0 Å². The Morgan fingerprint density at radius 3 is 2.45 bits per heavy atom. The second kappa shape index (κ2) is 5.76. The van der Waals surface area contributed by atoms with Crippen LogP contribution in [0.15, 0.2) is 28.7 Å². The van der Waals surface area contributed by atoms with Crippen LogP contribution in [0.25, 0.3) is 0 Å². The quantitative estimate of drug-likeness (QED) is 0.830. The zero-order valence-corrected chi connectivity index (χ0v) is 13.9. The second-order valence-electron chi connectivity index (χ2n) is 6.37. The lowest BCUT2D eigenvalue weighted by Crippen LogP contribution is -2.51. The molecule has 1 aliphatic carbocycles. The van der Waals surface area contributed by atoms with Gasteiger partial charge in [0.15, 0.2) is 0 Å². The van der Waals surface area contributed by atoms with Crippen LogP contribution in [0.5, 0.6) is 0 Å². The van der Waals surface area contributed by atoms with Gasteiger partial charge in [-0.25, -0.2) is 4.79 Å². The molecule has 3 nitrogen and oxygen atoms in total. The SMILES string of the molecule is COC(=O)C1(Nc2cccc(Br)c2)CCC(C)(C)CC1. The highest BCUT2D eigenvalue weighted by Gasteiger charge is 2.44. The summed E-state index contributed by atoms with van der Waals surface area (Å²) in [4.78, 5) is 12.3. The average Bonchev–Trinajstić information content (AvgIpc) is 2.41. The minimum atomic E-state index is -0.592. The van der Waals surface area contributed by atoms with E-state index >= 15 is 0 Å². The molecule has 0 saturated heterocycles. The molecule has 0 aromatic heterocycles. The maximum absolute atomic E-state index is 12.3. The van der Waals surface area contributed by atoms with Gasteiger partial charge in [0.2, 0.25) is 0 Å². The van der Waals surface area contributed by atoms with E-state index in [0.717, 1.165) is 35.8 Å². The van der Waals surface area contributed by atoms with Gasteiger partial charge in [-0.05, 0) is 49.3 Å². The molecule has 1 saturated carbocycles. The van der Waals surface area contributed by atoms with Gasteiger partial charge in [0.25, 0.3) is 0 Å². The number of benzene rings is 1. The van der Waals surface area contributed by atoms with E-state index in [1.807, 2.05) is 24.3 Å². The summed E-state index contributed by atoms with van der Waals surface area (Å²) in [6.45, 7) is 4.51. The fourth-order valence-electron chi connectivity index (χ4n) is 2.77. The lowest BCUT2D eigenvalue weighted by atomic mass is 9.69. The molecule has 0 amide bonds. The topological polar surface area (TPSA) is 38.3 Å². The first kappa shape index (κ1) is 15.4. The number of rotatable bonds is 3. The van der Waals surface area contributed by atoms with Crippen LogP contribution in [-0.2, 0) is 9.53 Å². The van der Waals surface area contributed by atoms with Crippen LogP contribution in [0.3, 0.4) is 0 Å². The van der Waals surface area contributed by atoms with Crippen molar-refractivity contribution in [2.45, 2.75) is 45.1 Å². The van der Waals surface area contributed by atoms with E-state index in [-0.39, 0.29) is 5.97 Å². The zero-order chi connectivity index (χ0) is 14.8. The maximum Gasteiger partial charge on any atom is 0.331 e. The Balaban J connectivity index is 2.23. The first-order valence-corrected chi connectivity index (χ1v) is 7.78. The van der Waals surface area contributed by atoms with E-state index in [1.54, 1.807) is 0 Å². The predicted octanol–water partition coefficient (Wildman–Crippen LogP) is 4.37. The lowest BCUT2D eigenvalue weighted by Gasteiger charge is -2.42. The molecule has 20 heavy (non-hydrogen) atoms. The molecule has 0 spiro atoms. The molecule has 0 heterocycles. The highest BCUT2D eigenvalue weighted by Crippen LogP contribution is 2.42. The van der Waals surface area contributed by atoms with Gasteiger partial charge in [0.05, 0.1) is 7.11 Å². The zero-order valence-electron chi connectivity index (χ0n) is 12.3. The van der Waals surface area contributed by atoms with E-state index < -0.39 is 5.54 Å². The Bertz CT molecular complexity index is 489.